The molecule has 0 spiro atoms. The van der Waals surface area contributed by atoms with Crippen molar-refractivity contribution in [1.82, 2.24) is 4.90 Å². The Morgan fingerprint density at radius 3 is 2.24 bits per heavy atom. The quantitative estimate of drug-likeness (QED) is 0.102. The summed E-state index contributed by atoms with van der Waals surface area (Å²) in [5.74, 6) is 0. The number of allylic oxidation sites excluding steroid dienone is 1. The first-order valence-corrected chi connectivity index (χ1v) is 16.0. The monoisotopic (exact) mass is 783 g/mol. The molecule has 0 N–H and O–H groups in total. The number of para-hydroxylation sites is 1. The van der Waals surface area contributed by atoms with Gasteiger partial charge in [-0.15, -0.1) is 23.4 Å². The summed E-state index contributed by atoms with van der Waals surface area (Å²) in [6, 6.07) is 44.6. The number of fused-ring (bicyclic) bond motifs is 3. The second kappa shape index (κ2) is 14.1. The molecule has 0 aromatic heterocycles. The molecule has 1 radical (unpaired) electrons. The average Bonchev–Trinajstić information content (AvgIpc) is 3.64. The third kappa shape index (κ3) is 6.50. The molecule has 5 nitrogen and oxygen atoms in total. The Labute approximate surface area is 279 Å². The maximum absolute atomic E-state index is 14.7. The zero-order chi connectivity index (χ0) is 30.5. The van der Waals surface area contributed by atoms with Gasteiger partial charge in [0.1, 0.15) is 0 Å². The molecule has 2 aliphatic heterocycles. The topological polar surface area (TPSA) is 49.1 Å². The van der Waals surface area contributed by atoms with E-state index in [1.165, 1.54) is 0 Å². The van der Waals surface area contributed by atoms with E-state index in [9.17, 15) is 4.57 Å². The van der Waals surface area contributed by atoms with Gasteiger partial charge in [-0.3, -0.25) is 0 Å². The minimum absolute atomic E-state index is 0. The number of nitrogens with zero attached hydrogens (tertiary/aromatic N) is 4. The summed E-state index contributed by atoms with van der Waals surface area (Å²) in [7, 11) is 0.972. The standard InChI is InChI=1S/C28H21N2OP.C10H10N2.Ir/c1-29-17-18-30(20-29)23-14-11-21(12-15-23)22-13-16-26-25-9-5-6-10-27(25)32(31,28(26)19-22)24-7-3-2-4-8-24;1-12(9-5-8-11)10-6-3-2-4-7-10;/h2-14,16-20H,1H3;2-6,8-9H,1H3;/q2*-2;/b;9-5-;. The Kier molecular flexibility index (Phi) is 10.0. The van der Waals surface area contributed by atoms with E-state index in [-0.39, 0.29) is 20.1 Å². The SMILES string of the molecule is CN(/C=C\C=[N-])c1[c-]cccc1.CN1C=CN(c2[c-]cc(-c3ccc4c(c3)P(=O)(c3ccccc3)c3ccccc3-4)cc2)[CH-]1.[Ir]. The number of anilines is 2. The minimum atomic E-state index is -2.92. The Hall–Kier alpha value is -4.47. The molecule has 45 heavy (non-hydrogen) atoms. The summed E-state index contributed by atoms with van der Waals surface area (Å²) in [6.07, 6.45) is 8.32. The van der Waals surface area contributed by atoms with Gasteiger partial charge < -0.3 is 24.7 Å². The van der Waals surface area contributed by atoms with Gasteiger partial charge in [0.05, 0.1) is 0 Å². The van der Waals surface area contributed by atoms with Crippen molar-refractivity contribution in [3.05, 3.63) is 164 Å². The predicted molar refractivity (Wildman–Crippen MR) is 185 cm³/mol. The van der Waals surface area contributed by atoms with E-state index in [2.05, 4.69) is 48.5 Å². The van der Waals surface area contributed by atoms with Gasteiger partial charge in [0.2, 0.25) is 0 Å². The molecule has 7 rings (SSSR count). The van der Waals surface area contributed by atoms with Crippen LogP contribution in [0.2, 0.25) is 0 Å². The largest absolute Gasteiger partial charge is 0.811 e. The average molecular weight is 783 g/mol. The van der Waals surface area contributed by atoms with Crippen LogP contribution in [0.5, 0.6) is 0 Å². The summed E-state index contributed by atoms with van der Waals surface area (Å²) >= 11 is 0. The Balaban J connectivity index is 0.000000262. The van der Waals surface area contributed by atoms with Crippen LogP contribution in [0.15, 0.2) is 140 Å². The van der Waals surface area contributed by atoms with E-state index in [0.717, 1.165) is 55.8 Å². The van der Waals surface area contributed by atoms with Gasteiger partial charge in [-0.25, -0.2) is 0 Å². The van der Waals surface area contributed by atoms with Crippen LogP contribution in [0, 0.1) is 18.8 Å². The third-order valence-electron chi connectivity index (χ3n) is 7.64. The third-order valence-corrected chi connectivity index (χ3v) is 10.8. The molecule has 2 aliphatic rings. The molecular formula is C38H31IrN4OP-4. The van der Waals surface area contributed by atoms with Crippen LogP contribution in [0.4, 0.5) is 11.4 Å². The van der Waals surface area contributed by atoms with Crippen LogP contribution >= 0.6 is 7.14 Å². The van der Waals surface area contributed by atoms with Crippen molar-refractivity contribution < 1.29 is 24.7 Å². The van der Waals surface area contributed by atoms with Gasteiger partial charge >= 0.3 is 0 Å². The zero-order valence-electron chi connectivity index (χ0n) is 24.9. The van der Waals surface area contributed by atoms with E-state index in [1.54, 1.807) is 12.3 Å². The van der Waals surface area contributed by atoms with Gasteiger partial charge in [0.15, 0.2) is 7.14 Å². The van der Waals surface area contributed by atoms with E-state index in [0.29, 0.717) is 0 Å². The Morgan fingerprint density at radius 1 is 0.822 bits per heavy atom. The van der Waals surface area contributed by atoms with Crippen molar-refractivity contribution >= 4 is 40.6 Å². The van der Waals surface area contributed by atoms with Crippen molar-refractivity contribution in [2.24, 2.45) is 0 Å². The van der Waals surface area contributed by atoms with Gasteiger partial charge in [0.25, 0.3) is 0 Å². The minimum Gasteiger partial charge on any atom is -0.811 e. The van der Waals surface area contributed by atoms with Crippen molar-refractivity contribution in [2.45, 2.75) is 0 Å². The van der Waals surface area contributed by atoms with Gasteiger partial charge in [-0.2, -0.15) is 55.3 Å². The Morgan fingerprint density at radius 2 is 1.56 bits per heavy atom. The molecule has 2 heterocycles. The molecule has 5 aromatic rings. The summed E-state index contributed by atoms with van der Waals surface area (Å²) in [5, 5.41) is 11.1. The van der Waals surface area contributed by atoms with Crippen molar-refractivity contribution in [3.63, 3.8) is 0 Å². The van der Waals surface area contributed by atoms with E-state index in [1.807, 2.05) is 127 Å². The van der Waals surface area contributed by atoms with Gasteiger partial charge in [-0.05, 0) is 36.8 Å². The van der Waals surface area contributed by atoms with Crippen LogP contribution in [0.1, 0.15) is 0 Å². The number of benzene rings is 5. The summed E-state index contributed by atoms with van der Waals surface area (Å²) in [4.78, 5) is 5.90. The molecule has 5 aromatic carbocycles. The fraction of sp³-hybridized carbons (Fsp3) is 0.0526. The molecule has 0 fully saturated rings. The molecule has 0 bridgehead atoms. The summed E-state index contributed by atoms with van der Waals surface area (Å²) < 4.78 is 14.7. The molecule has 227 valence electrons. The maximum Gasteiger partial charge on any atom is 0.172 e. The second-order valence-corrected chi connectivity index (χ2v) is 13.2. The smallest absolute Gasteiger partial charge is 0.172 e. The first kappa shape index (κ1) is 31.9. The maximum atomic E-state index is 14.7. The number of rotatable bonds is 6. The van der Waals surface area contributed by atoms with Crippen LogP contribution in [-0.2, 0) is 24.7 Å². The van der Waals surface area contributed by atoms with E-state index < -0.39 is 7.14 Å². The van der Waals surface area contributed by atoms with E-state index >= 15 is 0 Å². The first-order valence-electron chi connectivity index (χ1n) is 14.3. The Bertz CT molecular complexity index is 1870. The molecule has 0 saturated carbocycles. The molecule has 0 saturated heterocycles. The van der Waals surface area contributed by atoms with Gasteiger partial charge in [-0.1, -0.05) is 90.1 Å². The fourth-order valence-corrected chi connectivity index (χ4v) is 8.52. The van der Waals surface area contributed by atoms with Crippen LogP contribution in [0.25, 0.3) is 27.7 Å². The van der Waals surface area contributed by atoms with E-state index in [4.69, 9.17) is 5.41 Å². The second-order valence-electron chi connectivity index (χ2n) is 10.5. The molecular weight excluding hydrogens is 752 g/mol. The molecule has 1 atom stereocenters. The predicted octanol–water partition coefficient (Wildman–Crippen LogP) is 7.19. The van der Waals surface area contributed by atoms with Crippen molar-refractivity contribution in [3.8, 4) is 22.3 Å². The first-order chi connectivity index (χ1) is 21.5. The van der Waals surface area contributed by atoms with Crippen molar-refractivity contribution in [2.75, 3.05) is 23.9 Å². The summed E-state index contributed by atoms with van der Waals surface area (Å²) in [6.45, 7) is 2.01. The van der Waals surface area contributed by atoms with Crippen LogP contribution < -0.4 is 25.7 Å². The zero-order valence-corrected chi connectivity index (χ0v) is 28.2. The van der Waals surface area contributed by atoms with Crippen LogP contribution in [-0.4, -0.2) is 25.2 Å². The molecule has 0 aliphatic carbocycles. The molecule has 0 amide bonds. The number of hydrogen-bond donors (Lipinski definition) is 0. The molecule has 1 unspecified atom stereocenters. The number of hydrogen-bond acceptors (Lipinski definition) is 4. The van der Waals surface area contributed by atoms with Gasteiger partial charge in [0, 0.05) is 43.1 Å². The van der Waals surface area contributed by atoms with Crippen LogP contribution in [0.3, 0.4) is 0 Å². The summed E-state index contributed by atoms with van der Waals surface area (Å²) in [5.41, 5.74) is 6.20. The fourth-order valence-electron chi connectivity index (χ4n) is 5.42. The van der Waals surface area contributed by atoms with Crippen molar-refractivity contribution in [1.29, 1.82) is 0 Å². The normalized spacial score (nSPS) is 16.0. The molecule has 7 heteroatoms.